The van der Waals surface area contributed by atoms with E-state index in [0.29, 0.717) is 35.3 Å². The molecule has 0 saturated carbocycles. The molecule has 0 aliphatic carbocycles. The maximum Gasteiger partial charge on any atom is 0.316 e. The molecule has 2 aliphatic heterocycles. The number of fused-ring (bicyclic) bond motifs is 1. The molecule has 0 N–H and O–H groups in total. The van der Waals surface area contributed by atoms with E-state index in [-0.39, 0.29) is 0 Å². The molecule has 7 heteroatoms. The topological polar surface area (TPSA) is 44.8 Å². The van der Waals surface area contributed by atoms with Crippen LogP contribution in [0.5, 0.6) is 0 Å². The fraction of sp³-hybridized carbons (Fsp3) is 0.400. The van der Waals surface area contributed by atoms with Crippen molar-refractivity contribution >= 4 is 31.3 Å². The van der Waals surface area contributed by atoms with Crippen LogP contribution in [0.15, 0.2) is 42.5 Å². The van der Waals surface area contributed by atoms with Crippen LogP contribution in [0.3, 0.4) is 0 Å². The van der Waals surface area contributed by atoms with Gasteiger partial charge in [-0.25, -0.2) is 0 Å². The van der Waals surface area contributed by atoms with E-state index in [2.05, 4.69) is 12.1 Å². The van der Waals surface area contributed by atoms with Crippen LogP contribution in [0.2, 0.25) is 10.0 Å². The van der Waals surface area contributed by atoms with E-state index in [4.69, 9.17) is 32.2 Å². The SMILES string of the molecule is CC1(C)CO[P+]([O-])(N2CCc3ccccc3C2)O[C@H]1c1c(Cl)cccc1Cl. The molecule has 1 saturated heterocycles. The smallest absolute Gasteiger partial charge is 0.316 e. The second kappa shape index (κ2) is 7.27. The van der Waals surface area contributed by atoms with Gasteiger partial charge >= 0.3 is 8.09 Å². The Morgan fingerprint density at radius 2 is 1.74 bits per heavy atom. The van der Waals surface area contributed by atoms with Gasteiger partial charge in [-0.2, -0.15) is 9.05 Å². The fourth-order valence-corrected chi connectivity index (χ4v) is 6.45. The second-order valence-electron chi connectivity index (χ2n) is 7.76. The lowest BCUT2D eigenvalue weighted by Gasteiger charge is -2.47. The minimum absolute atomic E-state index is 0.300. The van der Waals surface area contributed by atoms with Crippen LogP contribution in [-0.4, -0.2) is 17.8 Å². The molecule has 27 heavy (non-hydrogen) atoms. The van der Waals surface area contributed by atoms with Gasteiger partial charge < -0.3 is 4.89 Å². The molecule has 2 aromatic carbocycles. The third-order valence-electron chi connectivity index (χ3n) is 5.27. The summed E-state index contributed by atoms with van der Waals surface area (Å²) in [6.07, 6.45) is 0.295. The molecule has 2 aliphatic rings. The number of nitrogens with zero attached hydrogens (tertiary/aromatic N) is 1. The van der Waals surface area contributed by atoms with Crippen molar-refractivity contribution in [2.75, 3.05) is 13.2 Å². The number of benzene rings is 2. The van der Waals surface area contributed by atoms with E-state index in [1.54, 1.807) is 18.2 Å². The third kappa shape index (κ3) is 3.65. The van der Waals surface area contributed by atoms with Gasteiger partial charge in [0.15, 0.2) is 0 Å². The molecule has 2 aromatic rings. The highest BCUT2D eigenvalue weighted by Crippen LogP contribution is 2.67. The summed E-state index contributed by atoms with van der Waals surface area (Å²) in [4.78, 5) is 13.7. The Morgan fingerprint density at radius 1 is 1.07 bits per heavy atom. The summed E-state index contributed by atoms with van der Waals surface area (Å²) in [6, 6.07) is 13.5. The van der Waals surface area contributed by atoms with Gasteiger partial charge in [-0.05, 0) is 29.7 Å². The van der Waals surface area contributed by atoms with Crippen LogP contribution in [0.25, 0.3) is 0 Å². The molecule has 144 valence electrons. The number of hydrogen-bond acceptors (Lipinski definition) is 4. The first-order valence-electron chi connectivity index (χ1n) is 8.99. The molecule has 2 heterocycles. The normalized spacial score (nSPS) is 28.0. The number of hydrogen-bond donors (Lipinski definition) is 0. The average Bonchev–Trinajstić information content (AvgIpc) is 2.64. The lowest BCUT2D eigenvalue weighted by atomic mass is 9.83. The molecule has 4 rings (SSSR count). The Balaban J connectivity index is 1.65. The van der Waals surface area contributed by atoms with Gasteiger partial charge in [-0.3, -0.25) is 0 Å². The highest BCUT2D eigenvalue weighted by atomic mass is 35.5. The van der Waals surface area contributed by atoms with Crippen molar-refractivity contribution in [3.8, 4) is 0 Å². The largest absolute Gasteiger partial charge is 0.616 e. The maximum absolute atomic E-state index is 13.7. The van der Waals surface area contributed by atoms with Crippen molar-refractivity contribution in [3.05, 3.63) is 69.2 Å². The van der Waals surface area contributed by atoms with Crippen LogP contribution in [-0.2, 0) is 22.0 Å². The van der Waals surface area contributed by atoms with Gasteiger partial charge in [0.05, 0.1) is 6.54 Å². The van der Waals surface area contributed by atoms with Gasteiger partial charge in [-0.1, -0.05) is 67.4 Å². The second-order valence-corrected chi connectivity index (χ2v) is 10.5. The van der Waals surface area contributed by atoms with Gasteiger partial charge in [0.25, 0.3) is 0 Å². The Hall–Kier alpha value is -0.710. The first-order chi connectivity index (χ1) is 12.8. The summed E-state index contributed by atoms with van der Waals surface area (Å²) in [5, 5.41) is 1.02. The van der Waals surface area contributed by atoms with Crippen molar-refractivity contribution in [1.29, 1.82) is 0 Å². The van der Waals surface area contributed by atoms with E-state index in [0.717, 1.165) is 12.0 Å². The predicted molar refractivity (Wildman–Crippen MR) is 107 cm³/mol. The van der Waals surface area contributed by atoms with Crippen LogP contribution < -0.4 is 4.89 Å². The lowest BCUT2D eigenvalue weighted by Crippen LogP contribution is -2.45. The minimum Gasteiger partial charge on any atom is -0.616 e. The predicted octanol–water partition coefficient (Wildman–Crippen LogP) is 5.20. The van der Waals surface area contributed by atoms with Crippen molar-refractivity contribution in [3.63, 3.8) is 0 Å². The van der Waals surface area contributed by atoms with Crippen LogP contribution in [0.1, 0.15) is 36.6 Å². The Labute approximate surface area is 170 Å². The number of halogens is 2. The molecule has 4 nitrogen and oxygen atoms in total. The zero-order valence-corrected chi connectivity index (χ0v) is 17.7. The molecule has 1 fully saturated rings. The van der Waals surface area contributed by atoms with E-state index < -0.39 is 19.6 Å². The van der Waals surface area contributed by atoms with Gasteiger partial charge in [0.2, 0.25) is 0 Å². The summed E-state index contributed by atoms with van der Waals surface area (Å²) in [7, 11) is -3.47. The molecular formula is C20H22Cl2NO3P. The van der Waals surface area contributed by atoms with Crippen molar-refractivity contribution in [2.24, 2.45) is 5.41 Å². The van der Waals surface area contributed by atoms with Gasteiger partial charge in [0, 0.05) is 27.6 Å². The summed E-state index contributed by atoms with van der Waals surface area (Å²) in [5.41, 5.74) is 2.69. The monoisotopic (exact) mass is 425 g/mol. The summed E-state index contributed by atoms with van der Waals surface area (Å²) in [5.74, 6) is 0. The average molecular weight is 426 g/mol. The summed E-state index contributed by atoms with van der Waals surface area (Å²) < 4.78 is 13.8. The molecule has 0 bridgehead atoms. The quantitative estimate of drug-likeness (QED) is 0.619. The van der Waals surface area contributed by atoms with Crippen molar-refractivity contribution in [1.82, 2.24) is 4.67 Å². The third-order valence-corrected chi connectivity index (χ3v) is 7.89. The lowest BCUT2D eigenvalue weighted by molar-refractivity contribution is -0.261. The fourth-order valence-electron chi connectivity index (χ4n) is 3.67. The maximum atomic E-state index is 13.7. The van der Waals surface area contributed by atoms with Gasteiger partial charge in [0.1, 0.15) is 12.7 Å². The first-order valence-corrected chi connectivity index (χ1v) is 11.2. The summed E-state index contributed by atoms with van der Waals surface area (Å²) in [6.45, 7) is 5.47. The van der Waals surface area contributed by atoms with Crippen LogP contribution >= 0.6 is 31.3 Å². The summed E-state index contributed by atoms with van der Waals surface area (Å²) >= 11 is 12.9. The zero-order valence-electron chi connectivity index (χ0n) is 15.3. The minimum atomic E-state index is -3.47. The molecule has 0 radical (unpaired) electrons. The van der Waals surface area contributed by atoms with Crippen molar-refractivity contribution in [2.45, 2.75) is 32.9 Å². The molecule has 0 spiro atoms. The van der Waals surface area contributed by atoms with Crippen LogP contribution in [0, 0.1) is 5.41 Å². The Kier molecular flexibility index (Phi) is 5.28. The molecule has 2 atom stereocenters. The molecule has 0 aromatic heterocycles. The highest BCUT2D eigenvalue weighted by Gasteiger charge is 2.54. The van der Waals surface area contributed by atoms with E-state index in [9.17, 15) is 4.89 Å². The zero-order chi connectivity index (χ0) is 19.2. The Morgan fingerprint density at radius 3 is 2.44 bits per heavy atom. The Bertz CT molecular complexity index is 843. The van der Waals surface area contributed by atoms with E-state index in [1.807, 2.05) is 30.7 Å². The van der Waals surface area contributed by atoms with E-state index in [1.165, 1.54) is 5.56 Å². The van der Waals surface area contributed by atoms with Crippen LogP contribution in [0.4, 0.5) is 0 Å². The van der Waals surface area contributed by atoms with E-state index >= 15 is 0 Å². The first kappa shape index (κ1) is 19.6. The van der Waals surface area contributed by atoms with Gasteiger partial charge in [-0.15, -0.1) is 4.67 Å². The molecule has 1 unspecified atom stereocenters. The van der Waals surface area contributed by atoms with Crippen molar-refractivity contribution < 1.29 is 13.9 Å². The molecule has 0 amide bonds. The number of rotatable bonds is 2. The standard InChI is InChI=1S/C20H22Cl2NO3P/c1-20(2)13-25-27(24,23-11-10-14-6-3-4-7-15(14)12-23)26-19(20)18-16(21)8-5-9-17(18)22/h3-9,19H,10-13H2,1-2H3/t19-,27?/m0/s1. The highest BCUT2D eigenvalue weighted by molar-refractivity contribution is 7.56. The molecular weight excluding hydrogens is 404 g/mol.